The van der Waals surface area contributed by atoms with Crippen molar-refractivity contribution in [2.24, 2.45) is 4.99 Å². The van der Waals surface area contributed by atoms with Gasteiger partial charge in [-0.3, -0.25) is 9.59 Å². The molecule has 0 unspecified atom stereocenters. The number of aromatic nitrogens is 1. The Morgan fingerprint density at radius 2 is 1.93 bits per heavy atom. The molecule has 3 aromatic rings. The maximum Gasteiger partial charge on any atom is 0.326 e. The van der Waals surface area contributed by atoms with Crippen molar-refractivity contribution in [3.05, 3.63) is 56.3 Å². The minimum Gasteiger partial charge on any atom is -0.482 e. The Hall–Kier alpha value is -2.06. The average Bonchev–Trinajstić information content (AvgIpc) is 2.99. The first-order valence-corrected chi connectivity index (χ1v) is 10.4. The van der Waals surface area contributed by atoms with Gasteiger partial charge in [-0.15, -0.1) is 0 Å². The minimum atomic E-state index is -0.545. The van der Waals surface area contributed by atoms with Crippen molar-refractivity contribution in [1.82, 2.24) is 4.57 Å². The lowest BCUT2D eigenvalue weighted by atomic mass is 10.3. The molecule has 1 aromatic heterocycles. The number of amides is 1. The Morgan fingerprint density at radius 1 is 1.14 bits per heavy atom. The lowest BCUT2D eigenvalue weighted by molar-refractivity contribution is -0.143. The molecule has 152 valence electrons. The Kier molecular flexibility index (Phi) is 7.18. The van der Waals surface area contributed by atoms with Gasteiger partial charge in [-0.05, 0) is 37.3 Å². The number of halogens is 3. The van der Waals surface area contributed by atoms with Gasteiger partial charge in [-0.1, -0.05) is 52.2 Å². The molecule has 0 atom stereocenters. The second-order valence-corrected chi connectivity index (χ2v) is 7.99. The summed E-state index contributed by atoms with van der Waals surface area (Å²) in [6.45, 7) is 1.52. The number of benzene rings is 2. The van der Waals surface area contributed by atoms with Crippen LogP contribution in [0.4, 0.5) is 0 Å². The van der Waals surface area contributed by atoms with Crippen LogP contribution in [-0.4, -0.2) is 29.7 Å². The van der Waals surface area contributed by atoms with Gasteiger partial charge in [0.15, 0.2) is 11.4 Å². The monoisotopic (exact) mass is 472 g/mol. The maximum atomic E-state index is 12.4. The fourth-order valence-corrected chi connectivity index (χ4v) is 4.39. The van der Waals surface area contributed by atoms with E-state index in [4.69, 9.17) is 44.3 Å². The first-order valence-electron chi connectivity index (χ1n) is 8.48. The number of carbonyl (C=O) groups excluding carboxylic acids is 2. The molecule has 10 heteroatoms. The fraction of sp³-hybridized carbons (Fsp3) is 0.211. The van der Waals surface area contributed by atoms with E-state index in [1.165, 1.54) is 17.4 Å². The summed E-state index contributed by atoms with van der Waals surface area (Å²) in [4.78, 5) is 28.8. The molecule has 3 rings (SSSR count). The van der Waals surface area contributed by atoms with Crippen LogP contribution in [0.5, 0.6) is 5.75 Å². The van der Waals surface area contributed by atoms with Crippen LogP contribution in [0, 0.1) is 0 Å². The normalized spacial score (nSPS) is 11.7. The van der Waals surface area contributed by atoms with Gasteiger partial charge in [0.05, 0.1) is 26.9 Å². The van der Waals surface area contributed by atoms with Gasteiger partial charge in [0.2, 0.25) is 0 Å². The zero-order chi connectivity index (χ0) is 21.0. The molecule has 0 spiro atoms. The van der Waals surface area contributed by atoms with Crippen LogP contribution in [0.15, 0.2) is 41.4 Å². The smallest absolute Gasteiger partial charge is 0.326 e. The number of fused-ring (bicyclic) bond motifs is 1. The lowest BCUT2D eigenvalue weighted by Crippen LogP contribution is -2.24. The van der Waals surface area contributed by atoms with E-state index in [1.54, 1.807) is 35.8 Å². The number of rotatable bonds is 6. The molecule has 1 heterocycles. The second kappa shape index (κ2) is 9.63. The summed E-state index contributed by atoms with van der Waals surface area (Å²) in [5, 5.41) is 1.19. The molecule has 0 fully saturated rings. The standard InChI is InChI=1S/C19H15Cl3N2O4S/c1-2-27-17(26)9-24-18-12(21)4-3-5-15(18)29-19(24)23-16(25)10-28-14-7-6-11(20)8-13(14)22/h3-8H,2,9-10H2,1H3. The second-order valence-electron chi connectivity index (χ2n) is 5.73. The minimum absolute atomic E-state index is 0.118. The van der Waals surface area contributed by atoms with E-state index in [1.807, 2.05) is 6.07 Å². The van der Waals surface area contributed by atoms with Crippen molar-refractivity contribution in [2.45, 2.75) is 13.5 Å². The summed E-state index contributed by atoms with van der Waals surface area (Å²) in [6.07, 6.45) is 0. The van der Waals surface area contributed by atoms with Crippen LogP contribution < -0.4 is 9.54 Å². The zero-order valence-corrected chi connectivity index (χ0v) is 18.2. The third-order valence-electron chi connectivity index (χ3n) is 3.71. The van der Waals surface area contributed by atoms with E-state index in [0.717, 1.165) is 4.70 Å². The van der Waals surface area contributed by atoms with Crippen molar-refractivity contribution < 1.29 is 19.1 Å². The van der Waals surface area contributed by atoms with E-state index in [9.17, 15) is 9.59 Å². The number of carbonyl (C=O) groups is 2. The first kappa shape index (κ1) is 21.6. The van der Waals surface area contributed by atoms with Crippen molar-refractivity contribution in [2.75, 3.05) is 13.2 Å². The molecule has 0 bridgehead atoms. The molecule has 0 saturated heterocycles. The summed E-state index contributed by atoms with van der Waals surface area (Å²) in [7, 11) is 0. The van der Waals surface area contributed by atoms with Crippen molar-refractivity contribution >= 4 is 68.2 Å². The highest BCUT2D eigenvalue weighted by Gasteiger charge is 2.15. The quantitative estimate of drug-likeness (QED) is 0.485. The highest BCUT2D eigenvalue weighted by molar-refractivity contribution is 7.16. The van der Waals surface area contributed by atoms with Gasteiger partial charge < -0.3 is 14.0 Å². The largest absolute Gasteiger partial charge is 0.482 e. The summed E-state index contributed by atoms with van der Waals surface area (Å²) >= 11 is 19.4. The fourth-order valence-electron chi connectivity index (χ4n) is 2.53. The Morgan fingerprint density at radius 3 is 2.66 bits per heavy atom. The Bertz CT molecular complexity index is 1140. The van der Waals surface area contributed by atoms with Gasteiger partial charge in [-0.2, -0.15) is 4.99 Å². The predicted molar refractivity (Wildman–Crippen MR) is 114 cm³/mol. The SMILES string of the molecule is CCOC(=O)Cn1c(=NC(=O)COc2ccc(Cl)cc2Cl)sc2cccc(Cl)c21. The third-order valence-corrected chi connectivity index (χ3v) is 5.59. The molecule has 0 aliphatic heterocycles. The molecule has 0 aliphatic rings. The molecular formula is C19H15Cl3N2O4S. The van der Waals surface area contributed by atoms with Crippen LogP contribution in [0.1, 0.15) is 6.92 Å². The summed E-state index contributed by atoms with van der Waals surface area (Å²) in [6, 6.07) is 10.0. The highest BCUT2D eigenvalue weighted by Crippen LogP contribution is 2.28. The highest BCUT2D eigenvalue weighted by atomic mass is 35.5. The van der Waals surface area contributed by atoms with Gasteiger partial charge in [-0.25, -0.2) is 0 Å². The van der Waals surface area contributed by atoms with Crippen molar-refractivity contribution in [3.63, 3.8) is 0 Å². The van der Waals surface area contributed by atoms with E-state index in [-0.39, 0.29) is 24.8 Å². The predicted octanol–water partition coefficient (Wildman–Crippen LogP) is 4.73. The number of ether oxygens (including phenoxy) is 2. The van der Waals surface area contributed by atoms with Gasteiger partial charge >= 0.3 is 5.97 Å². The first-order chi connectivity index (χ1) is 13.9. The van der Waals surface area contributed by atoms with E-state index >= 15 is 0 Å². The summed E-state index contributed by atoms with van der Waals surface area (Å²) in [5.74, 6) is -0.681. The lowest BCUT2D eigenvalue weighted by Gasteiger charge is -2.07. The van der Waals surface area contributed by atoms with Gasteiger partial charge in [0.1, 0.15) is 12.3 Å². The van der Waals surface area contributed by atoms with Crippen molar-refractivity contribution in [3.8, 4) is 5.75 Å². The molecule has 2 aromatic carbocycles. The summed E-state index contributed by atoms with van der Waals surface area (Å²) in [5.41, 5.74) is 0.612. The van der Waals surface area contributed by atoms with Crippen LogP contribution in [0.25, 0.3) is 10.2 Å². The zero-order valence-electron chi connectivity index (χ0n) is 15.2. The number of nitrogens with zero attached hydrogens (tertiary/aromatic N) is 2. The van der Waals surface area contributed by atoms with Crippen LogP contribution >= 0.6 is 46.1 Å². The number of hydrogen-bond donors (Lipinski definition) is 0. The average molecular weight is 474 g/mol. The van der Waals surface area contributed by atoms with Crippen LogP contribution in [0.2, 0.25) is 15.1 Å². The van der Waals surface area contributed by atoms with Gasteiger partial charge in [0.25, 0.3) is 5.91 Å². The van der Waals surface area contributed by atoms with Crippen LogP contribution in [0.3, 0.4) is 0 Å². The molecule has 29 heavy (non-hydrogen) atoms. The van der Waals surface area contributed by atoms with Crippen molar-refractivity contribution in [1.29, 1.82) is 0 Å². The van der Waals surface area contributed by atoms with E-state index in [2.05, 4.69) is 4.99 Å². The Balaban J connectivity index is 1.90. The van der Waals surface area contributed by atoms with E-state index in [0.29, 0.717) is 26.1 Å². The molecule has 0 aliphatic carbocycles. The third kappa shape index (κ3) is 5.30. The topological polar surface area (TPSA) is 69.9 Å². The maximum absolute atomic E-state index is 12.4. The van der Waals surface area contributed by atoms with E-state index < -0.39 is 11.9 Å². The molecule has 6 nitrogen and oxygen atoms in total. The van der Waals surface area contributed by atoms with Gasteiger partial charge in [0, 0.05) is 5.02 Å². The molecule has 0 N–H and O–H groups in total. The molecule has 1 amide bonds. The van der Waals surface area contributed by atoms with Crippen LogP contribution in [-0.2, 0) is 20.9 Å². The Labute approximate surface area is 185 Å². The summed E-state index contributed by atoms with van der Waals surface area (Å²) < 4.78 is 12.8. The molecule has 0 radical (unpaired) electrons. The number of esters is 1. The molecule has 0 saturated carbocycles. The number of para-hydroxylation sites is 1. The number of hydrogen-bond acceptors (Lipinski definition) is 5. The molecular weight excluding hydrogens is 459 g/mol. The number of thiazole rings is 1.